The zero-order valence-electron chi connectivity index (χ0n) is 14.1. The van der Waals surface area contributed by atoms with Crippen LogP contribution < -0.4 is 4.74 Å². The molecule has 27 heavy (non-hydrogen) atoms. The number of likely N-dealkylation sites (N-methyl/N-ethyl adjacent to an activating group) is 1. The van der Waals surface area contributed by atoms with Crippen molar-refractivity contribution in [2.45, 2.75) is 13.2 Å². The number of alkyl halides is 2. The van der Waals surface area contributed by atoms with Gasteiger partial charge in [-0.2, -0.15) is 8.78 Å². The average Bonchev–Trinajstić information content (AvgIpc) is 2.62. The van der Waals surface area contributed by atoms with Crippen LogP contribution in [0.2, 0.25) is 10.0 Å². The summed E-state index contributed by atoms with van der Waals surface area (Å²) in [6.07, 6.45) is 0. The maximum atomic E-state index is 12.1. The Labute approximate surface area is 164 Å². The van der Waals surface area contributed by atoms with Crippen LogP contribution in [0.3, 0.4) is 0 Å². The topological polar surface area (TPSA) is 55.8 Å². The molecule has 2 aromatic carbocycles. The van der Waals surface area contributed by atoms with Gasteiger partial charge in [-0.05, 0) is 29.8 Å². The van der Waals surface area contributed by atoms with Crippen molar-refractivity contribution in [1.82, 2.24) is 4.90 Å². The van der Waals surface area contributed by atoms with Gasteiger partial charge in [-0.15, -0.1) is 0 Å². The molecule has 2 aromatic rings. The van der Waals surface area contributed by atoms with E-state index in [2.05, 4.69) is 4.74 Å². The second-order valence-electron chi connectivity index (χ2n) is 5.45. The molecular weight excluding hydrogens is 403 g/mol. The molecule has 0 saturated carbocycles. The van der Waals surface area contributed by atoms with Crippen molar-refractivity contribution >= 4 is 35.1 Å². The quantitative estimate of drug-likeness (QED) is 0.626. The van der Waals surface area contributed by atoms with E-state index in [4.69, 9.17) is 27.9 Å². The number of carbonyl (C=O) groups excluding carboxylic acids is 2. The van der Waals surface area contributed by atoms with E-state index in [0.29, 0.717) is 5.56 Å². The predicted octanol–water partition coefficient (Wildman–Crippen LogP) is 4.41. The Kier molecular flexibility index (Phi) is 7.38. The molecule has 0 heterocycles. The zero-order chi connectivity index (χ0) is 20.0. The van der Waals surface area contributed by atoms with Crippen molar-refractivity contribution in [3.8, 4) is 5.75 Å². The summed E-state index contributed by atoms with van der Waals surface area (Å²) in [4.78, 5) is 25.5. The number of hydrogen-bond acceptors (Lipinski definition) is 4. The Morgan fingerprint density at radius 2 is 1.78 bits per heavy atom. The van der Waals surface area contributed by atoms with E-state index in [1.807, 2.05) is 0 Å². The third kappa shape index (κ3) is 6.08. The van der Waals surface area contributed by atoms with Crippen molar-refractivity contribution in [2.75, 3.05) is 13.7 Å². The first-order chi connectivity index (χ1) is 12.8. The van der Waals surface area contributed by atoms with E-state index in [1.54, 1.807) is 18.2 Å². The summed E-state index contributed by atoms with van der Waals surface area (Å²) in [5.74, 6) is -1.19. The molecule has 0 atom stereocenters. The highest BCUT2D eigenvalue weighted by atomic mass is 35.5. The van der Waals surface area contributed by atoms with Crippen LogP contribution in [0, 0.1) is 0 Å². The van der Waals surface area contributed by atoms with Gasteiger partial charge < -0.3 is 14.4 Å². The molecule has 0 N–H and O–H groups in total. The van der Waals surface area contributed by atoms with Gasteiger partial charge in [0.25, 0.3) is 5.91 Å². The zero-order valence-corrected chi connectivity index (χ0v) is 15.6. The van der Waals surface area contributed by atoms with Crippen LogP contribution in [-0.4, -0.2) is 37.0 Å². The molecule has 0 aliphatic rings. The van der Waals surface area contributed by atoms with Crippen LogP contribution in [0.4, 0.5) is 8.78 Å². The standard InChI is InChI=1S/C18H15Cl2F2NO4/c1-23(9-11-5-7-12(8-6-11)27-18(21)22)15(24)10-26-17(25)13-3-2-4-14(19)16(13)20/h2-8,18H,9-10H2,1H3. The number of benzene rings is 2. The Balaban J connectivity index is 1.88. The fourth-order valence-corrected chi connectivity index (χ4v) is 2.49. The van der Waals surface area contributed by atoms with Gasteiger partial charge in [-0.3, -0.25) is 4.79 Å². The van der Waals surface area contributed by atoms with Crippen LogP contribution in [0.25, 0.3) is 0 Å². The average molecular weight is 418 g/mol. The summed E-state index contributed by atoms with van der Waals surface area (Å²) in [5, 5.41) is 0.255. The molecule has 144 valence electrons. The molecule has 0 radical (unpaired) electrons. The predicted molar refractivity (Wildman–Crippen MR) is 96.3 cm³/mol. The summed E-state index contributed by atoms with van der Waals surface area (Å²) < 4.78 is 33.5. The van der Waals surface area contributed by atoms with E-state index in [1.165, 1.54) is 36.2 Å². The molecule has 0 aliphatic carbocycles. The lowest BCUT2D eigenvalue weighted by atomic mass is 10.2. The molecular formula is C18H15Cl2F2NO4. The molecule has 0 bridgehead atoms. The minimum atomic E-state index is -2.90. The summed E-state index contributed by atoms with van der Waals surface area (Å²) in [5.41, 5.74) is 0.755. The number of ether oxygens (including phenoxy) is 2. The van der Waals surface area contributed by atoms with E-state index in [-0.39, 0.29) is 27.9 Å². The van der Waals surface area contributed by atoms with Gasteiger partial charge in [-0.25, -0.2) is 4.79 Å². The first-order valence-corrected chi connectivity index (χ1v) is 8.42. The Morgan fingerprint density at radius 3 is 2.41 bits per heavy atom. The number of rotatable bonds is 7. The van der Waals surface area contributed by atoms with Gasteiger partial charge in [0, 0.05) is 13.6 Å². The third-order valence-electron chi connectivity index (χ3n) is 3.49. The molecule has 2 rings (SSSR count). The largest absolute Gasteiger partial charge is 0.452 e. The molecule has 0 unspecified atom stereocenters. The summed E-state index contributed by atoms with van der Waals surface area (Å²) in [6, 6.07) is 10.4. The summed E-state index contributed by atoms with van der Waals surface area (Å²) >= 11 is 11.8. The maximum absolute atomic E-state index is 12.1. The number of esters is 1. The smallest absolute Gasteiger partial charge is 0.387 e. The molecule has 1 amide bonds. The van der Waals surface area contributed by atoms with Crippen LogP contribution >= 0.6 is 23.2 Å². The number of hydrogen-bond donors (Lipinski definition) is 0. The van der Waals surface area contributed by atoms with Crippen LogP contribution in [0.15, 0.2) is 42.5 Å². The summed E-state index contributed by atoms with van der Waals surface area (Å²) in [7, 11) is 1.52. The van der Waals surface area contributed by atoms with Gasteiger partial charge in [0.1, 0.15) is 5.75 Å². The fourth-order valence-electron chi connectivity index (χ4n) is 2.12. The molecule has 0 aliphatic heterocycles. The molecule has 9 heteroatoms. The van der Waals surface area contributed by atoms with Crippen LogP contribution in [0.5, 0.6) is 5.75 Å². The van der Waals surface area contributed by atoms with Gasteiger partial charge >= 0.3 is 12.6 Å². The maximum Gasteiger partial charge on any atom is 0.387 e. The Morgan fingerprint density at radius 1 is 1.11 bits per heavy atom. The normalized spacial score (nSPS) is 10.6. The van der Waals surface area contributed by atoms with E-state index in [9.17, 15) is 18.4 Å². The first-order valence-electron chi connectivity index (χ1n) is 7.66. The van der Waals surface area contributed by atoms with Gasteiger partial charge in [0.2, 0.25) is 0 Å². The second kappa shape index (κ2) is 9.53. The molecule has 0 spiro atoms. The van der Waals surface area contributed by atoms with Gasteiger partial charge in [-0.1, -0.05) is 41.4 Å². The monoisotopic (exact) mass is 417 g/mol. The molecule has 0 fully saturated rings. The number of carbonyl (C=O) groups is 2. The number of nitrogens with zero attached hydrogens (tertiary/aromatic N) is 1. The van der Waals surface area contributed by atoms with Gasteiger partial charge in [0.05, 0.1) is 15.6 Å². The fraction of sp³-hybridized carbons (Fsp3) is 0.222. The summed E-state index contributed by atoms with van der Waals surface area (Å²) in [6.45, 7) is -3.18. The van der Waals surface area contributed by atoms with E-state index >= 15 is 0 Å². The lowest BCUT2D eigenvalue weighted by molar-refractivity contribution is -0.133. The Hall–Kier alpha value is -2.38. The second-order valence-corrected chi connectivity index (χ2v) is 6.23. The molecule has 5 nitrogen and oxygen atoms in total. The van der Waals surface area contributed by atoms with Crippen molar-refractivity contribution in [3.63, 3.8) is 0 Å². The van der Waals surface area contributed by atoms with Crippen molar-refractivity contribution in [2.24, 2.45) is 0 Å². The van der Waals surface area contributed by atoms with E-state index in [0.717, 1.165) is 0 Å². The lowest BCUT2D eigenvalue weighted by Gasteiger charge is -2.17. The van der Waals surface area contributed by atoms with Crippen LogP contribution in [-0.2, 0) is 16.1 Å². The minimum absolute atomic E-state index is 0.0232. The number of halogens is 4. The minimum Gasteiger partial charge on any atom is -0.452 e. The van der Waals surface area contributed by atoms with Crippen molar-refractivity contribution in [1.29, 1.82) is 0 Å². The highest BCUT2D eigenvalue weighted by Crippen LogP contribution is 2.26. The van der Waals surface area contributed by atoms with Crippen LogP contribution in [0.1, 0.15) is 15.9 Å². The van der Waals surface area contributed by atoms with Crippen molar-refractivity contribution < 1.29 is 27.8 Å². The highest BCUT2D eigenvalue weighted by molar-refractivity contribution is 6.43. The number of amides is 1. The lowest BCUT2D eigenvalue weighted by Crippen LogP contribution is -2.30. The van der Waals surface area contributed by atoms with Gasteiger partial charge in [0.15, 0.2) is 6.61 Å². The first kappa shape index (κ1) is 20.9. The highest BCUT2D eigenvalue weighted by Gasteiger charge is 2.17. The molecule has 0 aromatic heterocycles. The molecule has 0 saturated heterocycles. The van der Waals surface area contributed by atoms with Crippen molar-refractivity contribution in [3.05, 3.63) is 63.6 Å². The SMILES string of the molecule is CN(Cc1ccc(OC(F)F)cc1)C(=O)COC(=O)c1cccc(Cl)c1Cl. The van der Waals surface area contributed by atoms with E-state index < -0.39 is 25.1 Å². The third-order valence-corrected chi connectivity index (χ3v) is 4.31. The Bertz CT molecular complexity index is 816.